The van der Waals surface area contributed by atoms with E-state index < -0.39 is 10.8 Å². The van der Waals surface area contributed by atoms with Crippen LogP contribution in [-0.2, 0) is 10.8 Å². The van der Waals surface area contributed by atoms with Gasteiger partial charge < -0.3 is 16.4 Å². The molecule has 0 bridgehead atoms. The van der Waals surface area contributed by atoms with Gasteiger partial charge in [0.05, 0.1) is 11.4 Å². The summed E-state index contributed by atoms with van der Waals surface area (Å²) in [6, 6.07) is 5.32. The van der Waals surface area contributed by atoms with Gasteiger partial charge in [0.15, 0.2) is 0 Å². The predicted molar refractivity (Wildman–Crippen MR) is 85.5 cm³/mol. The van der Waals surface area contributed by atoms with Crippen LogP contribution in [0.1, 0.15) is 30.6 Å². The Balaban J connectivity index is 2.75. The average Bonchev–Trinajstić information content (AvgIpc) is 2.39. The van der Waals surface area contributed by atoms with Crippen molar-refractivity contribution in [3.05, 3.63) is 23.8 Å². The molecule has 0 aliphatic carbocycles. The monoisotopic (exact) mass is 297 g/mol. The first-order valence-corrected chi connectivity index (χ1v) is 8.41. The molecule has 0 heterocycles. The van der Waals surface area contributed by atoms with E-state index in [1.54, 1.807) is 24.5 Å². The van der Waals surface area contributed by atoms with Crippen LogP contribution in [0.15, 0.2) is 18.2 Å². The average molecular weight is 297 g/mol. The van der Waals surface area contributed by atoms with Crippen LogP contribution in [0.2, 0.25) is 0 Å². The molecule has 20 heavy (non-hydrogen) atoms. The van der Waals surface area contributed by atoms with E-state index in [0.29, 0.717) is 23.5 Å². The number of nitrogens with two attached hydrogens (primary N) is 1. The van der Waals surface area contributed by atoms with Crippen molar-refractivity contribution >= 4 is 28.1 Å². The van der Waals surface area contributed by atoms with Crippen molar-refractivity contribution in [2.45, 2.75) is 26.3 Å². The number of anilines is 2. The van der Waals surface area contributed by atoms with Gasteiger partial charge >= 0.3 is 0 Å². The van der Waals surface area contributed by atoms with E-state index in [-0.39, 0.29) is 11.9 Å². The lowest BCUT2D eigenvalue weighted by atomic mass is 10.1. The zero-order valence-electron chi connectivity index (χ0n) is 12.2. The second-order valence-corrected chi connectivity index (χ2v) is 6.33. The highest BCUT2D eigenvalue weighted by Gasteiger charge is 2.10. The molecule has 0 aliphatic heterocycles. The molecule has 0 aliphatic rings. The van der Waals surface area contributed by atoms with Crippen LogP contribution in [0, 0.1) is 0 Å². The standard InChI is InChI=1S/C14H23N3O2S/c1-4-16-14(18)11-5-6-12(15)13(9-11)17-10(2)7-8-20(3)19/h5-6,9-10,17H,4,7-8,15H2,1-3H3,(H,16,18). The van der Waals surface area contributed by atoms with Crippen molar-refractivity contribution in [1.82, 2.24) is 5.32 Å². The Labute approximate surface area is 122 Å². The molecule has 1 rings (SSSR count). The number of hydrogen-bond acceptors (Lipinski definition) is 4. The van der Waals surface area contributed by atoms with Gasteiger partial charge in [0.2, 0.25) is 0 Å². The Bertz CT molecular complexity index is 491. The first kappa shape index (κ1) is 16.5. The van der Waals surface area contributed by atoms with E-state index in [2.05, 4.69) is 10.6 Å². The van der Waals surface area contributed by atoms with Gasteiger partial charge in [-0.15, -0.1) is 0 Å². The summed E-state index contributed by atoms with van der Waals surface area (Å²) in [4.78, 5) is 11.8. The van der Waals surface area contributed by atoms with Gasteiger partial charge in [-0.05, 0) is 38.5 Å². The fourth-order valence-electron chi connectivity index (χ4n) is 1.77. The molecule has 112 valence electrons. The summed E-state index contributed by atoms with van der Waals surface area (Å²) in [6.07, 6.45) is 2.48. The number of benzene rings is 1. The molecule has 4 N–H and O–H groups in total. The molecule has 0 saturated heterocycles. The van der Waals surface area contributed by atoms with Gasteiger partial charge in [-0.2, -0.15) is 0 Å². The quantitative estimate of drug-likeness (QED) is 0.667. The highest BCUT2D eigenvalue weighted by atomic mass is 32.2. The van der Waals surface area contributed by atoms with E-state index in [9.17, 15) is 9.00 Å². The van der Waals surface area contributed by atoms with Gasteiger partial charge in [-0.3, -0.25) is 9.00 Å². The van der Waals surface area contributed by atoms with Crippen LogP contribution >= 0.6 is 0 Å². The molecule has 5 nitrogen and oxygen atoms in total. The van der Waals surface area contributed by atoms with Crippen molar-refractivity contribution in [2.24, 2.45) is 0 Å². The molecule has 2 atom stereocenters. The Morgan fingerprint density at radius 3 is 2.75 bits per heavy atom. The van der Waals surface area contributed by atoms with Crippen molar-refractivity contribution in [3.63, 3.8) is 0 Å². The van der Waals surface area contributed by atoms with Gasteiger partial charge in [0, 0.05) is 41.0 Å². The van der Waals surface area contributed by atoms with Crippen molar-refractivity contribution in [2.75, 3.05) is 29.6 Å². The minimum Gasteiger partial charge on any atom is -0.397 e. The normalized spacial score (nSPS) is 13.6. The smallest absolute Gasteiger partial charge is 0.251 e. The molecular formula is C14H23N3O2S. The fourth-order valence-corrected chi connectivity index (χ4v) is 2.45. The molecule has 0 saturated carbocycles. The van der Waals surface area contributed by atoms with E-state index in [4.69, 9.17) is 5.73 Å². The Morgan fingerprint density at radius 2 is 2.15 bits per heavy atom. The molecular weight excluding hydrogens is 274 g/mol. The Morgan fingerprint density at radius 1 is 1.45 bits per heavy atom. The second kappa shape index (κ2) is 7.89. The van der Waals surface area contributed by atoms with Crippen LogP contribution in [-0.4, -0.2) is 34.7 Å². The first-order chi connectivity index (χ1) is 9.43. The number of carbonyl (C=O) groups excluding carboxylic acids is 1. The number of amides is 1. The lowest BCUT2D eigenvalue weighted by molar-refractivity contribution is 0.0956. The zero-order valence-corrected chi connectivity index (χ0v) is 13.0. The van der Waals surface area contributed by atoms with Crippen LogP contribution < -0.4 is 16.4 Å². The Hall–Kier alpha value is -1.56. The molecule has 1 aromatic rings. The number of carbonyl (C=O) groups is 1. The number of nitrogens with one attached hydrogen (secondary N) is 2. The van der Waals surface area contributed by atoms with Crippen LogP contribution in [0.25, 0.3) is 0 Å². The molecule has 0 spiro atoms. The summed E-state index contributed by atoms with van der Waals surface area (Å²) in [7, 11) is -0.799. The van der Waals surface area contributed by atoms with E-state index in [1.165, 1.54) is 0 Å². The highest BCUT2D eigenvalue weighted by molar-refractivity contribution is 7.84. The molecule has 1 amide bonds. The second-order valence-electron chi connectivity index (χ2n) is 4.77. The number of nitrogen functional groups attached to an aromatic ring is 1. The predicted octanol–water partition coefficient (Wildman–Crippen LogP) is 1.59. The largest absolute Gasteiger partial charge is 0.397 e. The van der Waals surface area contributed by atoms with E-state index in [1.807, 2.05) is 13.8 Å². The summed E-state index contributed by atoms with van der Waals surface area (Å²) < 4.78 is 11.1. The molecule has 0 aromatic heterocycles. The third-order valence-electron chi connectivity index (χ3n) is 2.89. The SMILES string of the molecule is CCNC(=O)c1ccc(N)c(NC(C)CCS(C)=O)c1. The van der Waals surface area contributed by atoms with Crippen LogP contribution in [0.4, 0.5) is 11.4 Å². The molecule has 6 heteroatoms. The molecule has 0 fully saturated rings. The number of rotatable bonds is 7. The summed E-state index contributed by atoms with van der Waals surface area (Å²) >= 11 is 0. The molecule has 2 unspecified atom stereocenters. The third-order valence-corrected chi connectivity index (χ3v) is 3.70. The van der Waals surface area contributed by atoms with Crippen LogP contribution in [0.3, 0.4) is 0 Å². The zero-order chi connectivity index (χ0) is 15.1. The van der Waals surface area contributed by atoms with Gasteiger partial charge in [0.1, 0.15) is 0 Å². The molecule has 0 radical (unpaired) electrons. The lowest BCUT2D eigenvalue weighted by Crippen LogP contribution is -2.23. The minimum absolute atomic E-state index is 0.113. The lowest BCUT2D eigenvalue weighted by Gasteiger charge is -2.17. The Kier molecular flexibility index (Phi) is 6.51. The van der Waals surface area contributed by atoms with Gasteiger partial charge in [-0.1, -0.05) is 0 Å². The first-order valence-electron chi connectivity index (χ1n) is 6.68. The highest BCUT2D eigenvalue weighted by Crippen LogP contribution is 2.21. The van der Waals surface area contributed by atoms with E-state index in [0.717, 1.165) is 12.1 Å². The van der Waals surface area contributed by atoms with Gasteiger partial charge in [0.25, 0.3) is 5.91 Å². The van der Waals surface area contributed by atoms with Crippen molar-refractivity contribution < 1.29 is 9.00 Å². The fraction of sp³-hybridized carbons (Fsp3) is 0.500. The van der Waals surface area contributed by atoms with Gasteiger partial charge in [-0.25, -0.2) is 0 Å². The maximum atomic E-state index is 11.8. The summed E-state index contributed by atoms with van der Waals surface area (Å²) in [5.74, 6) is 0.530. The maximum absolute atomic E-state index is 11.8. The van der Waals surface area contributed by atoms with E-state index >= 15 is 0 Å². The summed E-state index contributed by atoms with van der Waals surface area (Å²) in [5.41, 5.74) is 7.83. The van der Waals surface area contributed by atoms with Crippen molar-refractivity contribution in [1.29, 1.82) is 0 Å². The number of hydrogen-bond donors (Lipinski definition) is 3. The minimum atomic E-state index is -0.799. The van der Waals surface area contributed by atoms with Crippen LogP contribution in [0.5, 0.6) is 0 Å². The molecule has 1 aromatic carbocycles. The summed E-state index contributed by atoms with van der Waals surface area (Å²) in [5, 5.41) is 6.02. The third kappa shape index (κ3) is 5.21. The topological polar surface area (TPSA) is 84.2 Å². The van der Waals surface area contributed by atoms with Crippen molar-refractivity contribution in [3.8, 4) is 0 Å². The summed E-state index contributed by atoms with van der Waals surface area (Å²) in [6.45, 7) is 4.47. The maximum Gasteiger partial charge on any atom is 0.251 e.